The van der Waals surface area contributed by atoms with Crippen LogP contribution in [0.2, 0.25) is 0 Å². The molecule has 31 heavy (non-hydrogen) atoms. The van der Waals surface area contributed by atoms with Gasteiger partial charge in [0.05, 0.1) is 12.2 Å². The Labute approximate surface area is 192 Å². The molecule has 3 unspecified atom stereocenters. The fraction of sp³-hybridized carbons (Fsp3) is 1.00. The molecule has 1 spiro atoms. The summed E-state index contributed by atoms with van der Waals surface area (Å²) in [5, 5.41) is 0. The van der Waals surface area contributed by atoms with E-state index < -0.39 is 0 Å². The number of hydrogen-bond acceptors (Lipinski definition) is 1. The molecule has 1 aliphatic heterocycles. The summed E-state index contributed by atoms with van der Waals surface area (Å²) in [5.41, 5.74) is 2.70. The second-order valence-corrected chi connectivity index (χ2v) is 15.2. The third-order valence-corrected chi connectivity index (χ3v) is 14.1. The predicted molar refractivity (Wildman–Crippen MR) is 129 cm³/mol. The summed E-state index contributed by atoms with van der Waals surface area (Å²) in [6, 6.07) is 0. The third kappa shape index (κ3) is 2.21. The van der Waals surface area contributed by atoms with E-state index in [9.17, 15) is 0 Å². The minimum absolute atomic E-state index is 0.200. The zero-order valence-corrected chi connectivity index (χ0v) is 21.8. The molecule has 6 aliphatic rings. The van der Waals surface area contributed by atoms with E-state index >= 15 is 0 Å². The van der Waals surface area contributed by atoms with Gasteiger partial charge in [-0.15, -0.1) is 0 Å². The molecule has 0 aromatic carbocycles. The summed E-state index contributed by atoms with van der Waals surface area (Å²) in [6.07, 6.45) is 15.9. The molecule has 1 saturated heterocycles. The van der Waals surface area contributed by atoms with Gasteiger partial charge in [-0.05, 0) is 115 Å². The van der Waals surface area contributed by atoms with Crippen molar-refractivity contribution >= 4 is 0 Å². The van der Waals surface area contributed by atoms with Gasteiger partial charge in [0.2, 0.25) is 0 Å². The molecule has 0 radical (unpaired) electrons. The lowest BCUT2D eigenvalue weighted by atomic mass is 9.32. The van der Waals surface area contributed by atoms with E-state index in [4.69, 9.17) is 4.74 Å². The molecule has 1 heterocycles. The molecule has 0 N–H and O–H groups in total. The van der Waals surface area contributed by atoms with Crippen molar-refractivity contribution in [3.8, 4) is 0 Å². The first kappa shape index (κ1) is 21.5. The van der Waals surface area contributed by atoms with Crippen LogP contribution in [0.4, 0.5) is 0 Å². The molecular formula is C30H50O. The molecule has 6 fully saturated rings. The van der Waals surface area contributed by atoms with Gasteiger partial charge in [0.1, 0.15) is 0 Å². The van der Waals surface area contributed by atoms with Crippen molar-refractivity contribution in [2.45, 2.75) is 125 Å². The molecule has 1 heteroatoms. The Bertz CT molecular complexity index is 768. The molecule has 0 amide bonds. The Morgan fingerprint density at radius 1 is 0.677 bits per heavy atom. The third-order valence-electron chi connectivity index (χ3n) is 14.1. The highest BCUT2D eigenvalue weighted by Gasteiger charge is 2.76. The van der Waals surface area contributed by atoms with Gasteiger partial charge in [-0.1, -0.05) is 54.9 Å². The molecule has 9 atom stereocenters. The molecule has 2 bridgehead atoms. The summed E-state index contributed by atoms with van der Waals surface area (Å²) in [5.74, 6) is 4.48. The van der Waals surface area contributed by atoms with Gasteiger partial charge in [0.25, 0.3) is 0 Å². The first-order valence-corrected chi connectivity index (χ1v) is 14.1. The van der Waals surface area contributed by atoms with Gasteiger partial charge >= 0.3 is 0 Å². The number of hydrogen-bond donors (Lipinski definition) is 0. The molecule has 6 rings (SSSR count). The van der Waals surface area contributed by atoms with Crippen molar-refractivity contribution < 1.29 is 4.74 Å². The topological polar surface area (TPSA) is 9.23 Å². The zero-order valence-electron chi connectivity index (χ0n) is 21.8. The second-order valence-electron chi connectivity index (χ2n) is 15.2. The van der Waals surface area contributed by atoms with Crippen molar-refractivity contribution in [1.82, 2.24) is 0 Å². The van der Waals surface area contributed by atoms with Crippen molar-refractivity contribution in [3.05, 3.63) is 0 Å². The van der Waals surface area contributed by atoms with Crippen LogP contribution < -0.4 is 0 Å². The van der Waals surface area contributed by atoms with E-state index in [2.05, 4.69) is 48.5 Å². The van der Waals surface area contributed by atoms with Crippen molar-refractivity contribution in [3.63, 3.8) is 0 Å². The largest absolute Gasteiger partial charge is 0.374 e. The summed E-state index contributed by atoms with van der Waals surface area (Å²) in [7, 11) is 0. The van der Waals surface area contributed by atoms with E-state index in [0.717, 1.165) is 36.2 Å². The smallest absolute Gasteiger partial charge is 0.0767 e. The van der Waals surface area contributed by atoms with E-state index in [1.165, 1.54) is 70.6 Å². The summed E-state index contributed by atoms with van der Waals surface area (Å²) < 4.78 is 7.06. The quantitative estimate of drug-likeness (QED) is 0.410. The second kappa shape index (κ2) is 6.14. The SMILES string of the molecule is CC(C)[C@H]1CCC2[C@]1(C)CC[C@]1(C)C3CC[C@@]45OC[C@]3(CC[C@@]21C)C4CCCC5(C)C. The first-order chi connectivity index (χ1) is 14.5. The minimum Gasteiger partial charge on any atom is -0.374 e. The fourth-order valence-corrected chi connectivity index (χ4v) is 12.5. The van der Waals surface area contributed by atoms with E-state index in [0.29, 0.717) is 27.1 Å². The number of fused-ring (bicyclic) bond motifs is 4. The van der Waals surface area contributed by atoms with Crippen molar-refractivity contribution in [1.29, 1.82) is 0 Å². The van der Waals surface area contributed by atoms with Crippen LogP contribution >= 0.6 is 0 Å². The maximum atomic E-state index is 7.06. The Morgan fingerprint density at radius 2 is 1.39 bits per heavy atom. The molecular weight excluding hydrogens is 376 g/mol. The predicted octanol–water partition coefficient (Wildman–Crippen LogP) is 8.27. The molecule has 176 valence electrons. The summed E-state index contributed by atoms with van der Waals surface area (Å²) in [4.78, 5) is 0. The van der Waals surface area contributed by atoms with Crippen LogP contribution in [0.15, 0.2) is 0 Å². The normalized spacial score (nSPS) is 59.6. The number of ether oxygens (including phenoxy) is 1. The monoisotopic (exact) mass is 426 g/mol. The van der Waals surface area contributed by atoms with Gasteiger partial charge in [0, 0.05) is 5.41 Å². The average Bonchev–Trinajstić information content (AvgIpc) is 3.16. The van der Waals surface area contributed by atoms with E-state index in [-0.39, 0.29) is 5.60 Å². The lowest BCUT2D eigenvalue weighted by Gasteiger charge is -2.72. The Kier molecular flexibility index (Phi) is 4.26. The van der Waals surface area contributed by atoms with Crippen LogP contribution in [0.3, 0.4) is 0 Å². The van der Waals surface area contributed by atoms with Gasteiger partial charge in [-0.25, -0.2) is 0 Å². The van der Waals surface area contributed by atoms with Crippen LogP contribution in [0.5, 0.6) is 0 Å². The van der Waals surface area contributed by atoms with Crippen LogP contribution in [-0.2, 0) is 4.74 Å². The van der Waals surface area contributed by atoms with Crippen molar-refractivity contribution in [2.24, 2.45) is 56.7 Å². The summed E-state index contributed by atoms with van der Waals surface area (Å²) >= 11 is 0. The average molecular weight is 427 g/mol. The van der Waals surface area contributed by atoms with Crippen LogP contribution in [0.1, 0.15) is 119 Å². The summed E-state index contributed by atoms with van der Waals surface area (Å²) in [6.45, 7) is 19.5. The van der Waals surface area contributed by atoms with Crippen LogP contribution in [-0.4, -0.2) is 12.2 Å². The lowest BCUT2D eigenvalue weighted by molar-refractivity contribution is -0.232. The highest BCUT2D eigenvalue weighted by molar-refractivity contribution is 5.25. The maximum absolute atomic E-state index is 7.06. The van der Waals surface area contributed by atoms with E-state index in [1.807, 2.05) is 0 Å². The molecule has 0 aromatic rings. The Hall–Kier alpha value is -0.0400. The van der Waals surface area contributed by atoms with Crippen LogP contribution in [0.25, 0.3) is 0 Å². The Morgan fingerprint density at radius 3 is 2.13 bits per heavy atom. The first-order valence-electron chi connectivity index (χ1n) is 14.1. The standard InChI is InChI=1S/C30H50O/c1-20(2)21-10-11-22-26(21,5)15-16-28(7)23-12-14-30-24(9-8-13-25(30,3)4)29(23,19-31-30)18-17-27(22,28)6/h20-24H,8-19H2,1-7H3/t21-,22?,23?,24?,26-,27+,28-,29+,30-/m1/s1. The van der Waals surface area contributed by atoms with Gasteiger partial charge < -0.3 is 4.74 Å². The maximum Gasteiger partial charge on any atom is 0.0767 e. The molecule has 5 saturated carbocycles. The Balaban J connectivity index is 1.41. The highest BCUT2D eigenvalue weighted by Crippen LogP contribution is 2.80. The van der Waals surface area contributed by atoms with Gasteiger partial charge in [-0.2, -0.15) is 0 Å². The molecule has 0 aromatic heterocycles. The molecule has 5 aliphatic carbocycles. The molecule has 1 nitrogen and oxygen atoms in total. The van der Waals surface area contributed by atoms with E-state index in [1.54, 1.807) is 0 Å². The zero-order chi connectivity index (χ0) is 22.1. The minimum atomic E-state index is 0.200. The van der Waals surface area contributed by atoms with Crippen molar-refractivity contribution in [2.75, 3.05) is 6.61 Å². The van der Waals surface area contributed by atoms with Crippen LogP contribution in [0, 0.1) is 56.7 Å². The van der Waals surface area contributed by atoms with Gasteiger partial charge in [0.15, 0.2) is 0 Å². The lowest BCUT2D eigenvalue weighted by Crippen LogP contribution is -2.67. The van der Waals surface area contributed by atoms with Gasteiger partial charge in [-0.3, -0.25) is 0 Å². The number of rotatable bonds is 1. The highest BCUT2D eigenvalue weighted by atomic mass is 16.5. The fourth-order valence-electron chi connectivity index (χ4n) is 12.5.